The molecule has 6 nitrogen and oxygen atoms in total. The van der Waals surface area contributed by atoms with Crippen LogP contribution in [0.2, 0.25) is 0 Å². The lowest BCUT2D eigenvalue weighted by Crippen LogP contribution is -2.46. The lowest BCUT2D eigenvalue weighted by atomic mass is 10.2. The zero-order chi connectivity index (χ0) is 19.8. The second-order valence-corrected chi connectivity index (χ2v) is 6.61. The molecule has 1 unspecified atom stereocenters. The smallest absolute Gasteiger partial charge is 0.241 e. The highest BCUT2D eigenvalue weighted by Gasteiger charge is 2.25. The van der Waals surface area contributed by atoms with E-state index in [1.54, 1.807) is 4.90 Å². The standard InChI is InChI=1S/C22H25N3O3/c1-2-24(15-19-17-27-20-11-6-7-12-21(20)28-19)16-22(26)25(14-8-13-23)18-9-4-3-5-10-18/h3-7,9-12,19H,2,8,14-17H2,1H3. The van der Waals surface area contributed by atoms with Crippen molar-refractivity contribution in [3.8, 4) is 17.6 Å². The molecule has 146 valence electrons. The number of anilines is 1. The van der Waals surface area contributed by atoms with Crippen molar-refractivity contribution in [3.05, 3.63) is 54.6 Å². The van der Waals surface area contributed by atoms with Crippen molar-refractivity contribution >= 4 is 11.6 Å². The van der Waals surface area contributed by atoms with Gasteiger partial charge in [-0.25, -0.2) is 0 Å². The summed E-state index contributed by atoms with van der Waals surface area (Å²) in [5, 5.41) is 8.94. The molecule has 0 bridgehead atoms. The van der Waals surface area contributed by atoms with Gasteiger partial charge >= 0.3 is 0 Å². The third-order valence-electron chi connectivity index (χ3n) is 4.65. The van der Waals surface area contributed by atoms with E-state index in [-0.39, 0.29) is 18.6 Å². The summed E-state index contributed by atoms with van der Waals surface area (Å²) in [7, 11) is 0. The zero-order valence-electron chi connectivity index (χ0n) is 16.1. The Hall–Kier alpha value is -3.04. The number of fused-ring (bicyclic) bond motifs is 1. The number of rotatable bonds is 8. The first-order valence-electron chi connectivity index (χ1n) is 9.54. The van der Waals surface area contributed by atoms with Gasteiger partial charge in [-0.2, -0.15) is 5.26 Å². The van der Waals surface area contributed by atoms with Gasteiger partial charge in [-0.15, -0.1) is 0 Å². The number of nitriles is 1. The van der Waals surface area contributed by atoms with Crippen LogP contribution in [0.3, 0.4) is 0 Å². The maximum absolute atomic E-state index is 13.0. The molecule has 0 aromatic heterocycles. The summed E-state index contributed by atoms with van der Waals surface area (Å²) in [5.74, 6) is 1.46. The molecule has 6 heteroatoms. The van der Waals surface area contributed by atoms with E-state index in [1.807, 2.05) is 66.4 Å². The molecule has 1 heterocycles. The van der Waals surface area contributed by atoms with Crippen molar-refractivity contribution in [3.63, 3.8) is 0 Å². The summed E-state index contributed by atoms with van der Waals surface area (Å²) in [6, 6.07) is 19.2. The van der Waals surface area contributed by atoms with Crippen LogP contribution >= 0.6 is 0 Å². The monoisotopic (exact) mass is 379 g/mol. The van der Waals surface area contributed by atoms with E-state index in [1.165, 1.54) is 0 Å². The van der Waals surface area contributed by atoms with E-state index in [9.17, 15) is 4.79 Å². The fourth-order valence-electron chi connectivity index (χ4n) is 3.19. The lowest BCUT2D eigenvalue weighted by molar-refractivity contribution is -0.120. The average molecular weight is 379 g/mol. The van der Waals surface area contributed by atoms with E-state index < -0.39 is 0 Å². The molecule has 0 saturated heterocycles. The number of likely N-dealkylation sites (N-methyl/N-ethyl adjacent to an activating group) is 1. The Morgan fingerprint density at radius 2 is 1.86 bits per heavy atom. The SMILES string of the molecule is CCN(CC(=O)N(CCC#N)c1ccccc1)CC1COc2ccccc2O1. The summed E-state index contributed by atoms with van der Waals surface area (Å²) in [5.41, 5.74) is 0.810. The van der Waals surface area contributed by atoms with Crippen LogP contribution in [0.15, 0.2) is 54.6 Å². The number of hydrogen-bond acceptors (Lipinski definition) is 5. The van der Waals surface area contributed by atoms with Gasteiger partial charge < -0.3 is 14.4 Å². The van der Waals surface area contributed by atoms with Gasteiger partial charge in [0.1, 0.15) is 12.7 Å². The van der Waals surface area contributed by atoms with E-state index in [2.05, 4.69) is 6.07 Å². The molecular weight excluding hydrogens is 354 g/mol. The molecule has 0 radical (unpaired) electrons. The summed E-state index contributed by atoms with van der Waals surface area (Å²) in [6.07, 6.45) is 0.162. The average Bonchev–Trinajstić information content (AvgIpc) is 2.74. The molecule has 2 aromatic carbocycles. The number of carbonyl (C=O) groups is 1. The van der Waals surface area contributed by atoms with Crippen LogP contribution in [0.25, 0.3) is 0 Å². The van der Waals surface area contributed by atoms with Gasteiger partial charge in [0.15, 0.2) is 11.5 Å². The molecule has 3 rings (SSSR count). The minimum absolute atomic E-state index is 0.0274. The maximum atomic E-state index is 13.0. The summed E-state index contributed by atoms with van der Waals surface area (Å²) < 4.78 is 11.8. The molecule has 0 fully saturated rings. The Morgan fingerprint density at radius 1 is 1.14 bits per heavy atom. The van der Waals surface area contributed by atoms with Crippen molar-refractivity contribution in [1.82, 2.24) is 4.90 Å². The highest BCUT2D eigenvalue weighted by molar-refractivity contribution is 5.94. The molecular formula is C22H25N3O3. The van der Waals surface area contributed by atoms with E-state index >= 15 is 0 Å². The molecule has 1 atom stereocenters. The minimum Gasteiger partial charge on any atom is -0.486 e. The van der Waals surface area contributed by atoms with Gasteiger partial charge in [0.25, 0.3) is 0 Å². The van der Waals surface area contributed by atoms with Crippen LogP contribution in [0, 0.1) is 11.3 Å². The van der Waals surface area contributed by atoms with Crippen molar-refractivity contribution in [2.45, 2.75) is 19.4 Å². The number of hydrogen-bond donors (Lipinski definition) is 0. The van der Waals surface area contributed by atoms with Crippen LogP contribution in [0.1, 0.15) is 13.3 Å². The molecule has 1 aliphatic rings. The van der Waals surface area contributed by atoms with Crippen molar-refractivity contribution < 1.29 is 14.3 Å². The van der Waals surface area contributed by atoms with Gasteiger partial charge in [0, 0.05) is 18.8 Å². The first-order valence-corrected chi connectivity index (χ1v) is 9.54. The topological polar surface area (TPSA) is 65.8 Å². The van der Waals surface area contributed by atoms with Crippen LogP contribution < -0.4 is 14.4 Å². The van der Waals surface area contributed by atoms with Gasteiger partial charge in [-0.1, -0.05) is 37.3 Å². The molecule has 0 aliphatic carbocycles. The van der Waals surface area contributed by atoms with E-state index in [0.717, 1.165) is 17.2 Å². The molecule has 2 aromatic rings. The van der Waals surface area contributed by atoms with Gasteiger partial charge in [0.2, 0.25) is 5.91 Å². The Balaban J connectivity index is 1.62. The summed E-state index contributed by atoms with van der Waals surface area (Å²) >= 11 is 0. The van der Waals surface area contributed by atoms with Crippen molar-refractivity contribution in [1.29, 1.82) is 5.26 Å². The van der Waals surface area contributed by atoms with E-state index in [0.29, 0.717) is 32.7 Å². The number of para-hydroxylation sites is 3. The number of nitrogens with zero attached hydrogens (tertiary/aromatic N) is 3. The molecule has 1 aliphatic heterocycles. The summed E-state index contributed by atoms with van der Waals surface area (Å²) in [6.45, 7) is 4.43. The van der Waals surface area contributed by atoms with Gasteiger partial charge in [-0.3, -0.25) is 9.69 Å². The highest BCUT2D eigenvalue weighted by Crippen LogP contribution is 2.31. The van der Waals surface area contributed by atoms with E-state index in [4.69, 9.17) is 14.7 Å². The molecule has 1 amide bonds. The fourth-order valence-corrected chi connectivity index (χ4v) is 3.19. The second-order valence-electron chi connectivity index (χ2n) is 6.61. The first-order chi connectivity index (χ1) is 13.7. The highest BCUT2D eigenvalue weighted by atomic mass is 16.6. The number of carbonyl (C=O) groups excluding carboxylic acids is 1. The van der Waals surface area contributed by atoms with Crippen LogP contribution in [-0.4, -0.2) is 49.7 Å². The lowest BCUT2D eigenvalue weighted by Gasteiger charge is -2.31. The number of amides is 1. The van der Waals surface area contributed by atoms with Crippen LogP contribution in [-0.2, 0) is 4.79 Å². The van der Waals surface area contributed by atoms with Crippen molar-refractivity contribution in [2.75, 3.05) is 37.7 Å². The molecule has 28 heavy (non-hydrogen) atoms. The molecule has 0 saturated carbocycles. The number of benzene rings is 2. The summed E-state index contributed by atoms with van der Waals surface area (Å²) in [4.78, 5) is 16.7. The Morgan fingerprint density at radius 3 is 2.57 bits per heavy atom. The third-order valence-corrected chi connectivity index (χ3v) is 4.65. The second kappa shape index (κ2) is 9.77. The van der Waals surface area contributed by atoms with Gasteiger partial charge in [-0.05, 0) is 30.8 Å². The maximum Gasteiger partial charge on any atom is 0.241 e. The third kappa shape index (κ3) is 5.02. The predicted octanol–water partition coefficient (Wildman–Crippen LogP) is 3.10. The molecule has 0 N–H and O–H groups in total. The largest absolute Gasteiger partial charge is 0.486 e. The Kier molecular flexibility index (Phi) is 6.88. The quantitative estimate of drug-likeness (QED) is 0.705. The normalized spacial score (nSPS) is 15.1. The predicted molar refractivity (Wildman–Crippen MR) is 107 cm³/mol. The minimum atomic E-state index is -0.132. The number of ether oxygens (including phenoxy) is 2. The van der Waals surface area contributed by atoms with Crippen LogP contribution in [0.5, 0.6) is 11.5 Å². The Bertz CT molecular complexity index is 819. The first kappa shape index (κ1) is 19.7. The van der Waals surface area contributed by atoms with Crippen LogP contribution in [0.4, 0.5) is 5.69 Å². The fraction of sp³-hybridized carbons (Fsp3) is 0.364. The van der Waals surface area contributed by atoms with Gasteiger partial charge in [0.05, 0.1) is 19.0 Å². The molecule has 0 spiro atoms. The Labute approximate surface area is 165 Å². The van der Waals surface area contributed by atoms with Crippen molar-refractivity contribution in [2.24, 2.45) is 0 Å². The zero-order valence-corrected chi connectivity index (χ0v) is 16.1.